The molecule has 2 aromatic rings. The molecule has 1 heterocycles. The number of nitrogens with zero attached hydrogens (tertiary/aromatic N) is 2. The summed E-state index contributed by atoms with van der Waals surface area (Å²) in [7, 11) is 0. The molecule has 0 saturated heterocycles. The second-order valence-electron chi connectivity index (χ2n) is 3.76. The van der Waals surface area contributed by atoms with E-state index in [0.29, 0.717) is 5.39 Å². The van der Waals surface area contributed by atoms with Crippen molar-refractivity contribution in [1.29, 1.82) is 0 Å². The molecule has 0 aliphatic carbocycles. The molecule has 1 unspecified atom stereocenters. The number of aromatic nitrogens is 2. The first-order valence-corrected chi connectivity index (χ1v) is 4.98. The fraction of sp³-hybridized carbons (Fsp3) is 0.273. The summed E-state index contributed by atoms with van der Waals surface area (Å²) in [5, 5.41) is 0.351. The number of nitrogens with two attached hydrogens (primary N) is 1. The number of hydrogen-bond acceptors (Lipinski definition) is 3. The maximum absolute atomic E-state index is 12.8. The van der Waals surface area contributed by atoms with Crippen LogP contribution in [0.1, 0.15) is 24.4 Å². The number of halogens is 3. The number of rotatable bonds is 1. The lowest BCUT2D eigenvalue weighted by molar-refractivity contribution is -0.136. The second-order valence-corrected chi connectivity index (χ2v) is 3.76. The van der Waals surface area contributed by atoms with E-state index in [2.05, 4.69) is 9.97 Å². The summed E-state index contributed by atoms with van der Waals surface area (Å²) in [6.07, 6.45) is -3.07. The molecule has 2 N–H and O–H groups in total. The molecular formula is C11H10F3N3. The van der Waals surface area contributed by atoms with E-state index in [1.165, 1.54) is 18.3 Å². The van der Waals surface area contributed by atoms with E-state index in [9.17, 15) is 13.2 Å². The summed E-state index contributed by atoms with van der Waals surface area (Å²) in [5.74, 6) is 0.203. The Balaban J connectivity index is 2.73. The highest BCUT2D eigenvalue weighted by atomic mass is 19.4. The number of benzene rings is 1. The zero-order chi connectivity index (χ0) is 12.6. The van der Waals surface area contributed by atoms with Crippen molar-refractivity contribution in [2.24, 2.45) is 5.73 Å². The van der Waals surface area contributed by atoms with Crippen molar-refractivity contribution in [2.45, 2.75) is 19.1 Å². The van der Waals surface area contributed by atoms with Crippen molar-refractivity contribution in [3.63, 3.8) is 0 Å². The normalized spacial score (nSPS) is 13.9. The van der Waals surface area contributed by atoms with Crippen molar-refractivity contribution >= 4 is 10.9 Å². The van der Waals surface area contributed by atoms with Gasteiger partial charge in [0.2, 0.25) is 0 Å². The lowest BCUT2D eigenvalue weighted by Crippen LogP contribution is -2.12. The van der Waals surface area contributed by atoms with E-state index in [0.717, 1.165) is 6.07 Å². The monoisotopic (exact) mass is 241 g/mol. The Bertz CT molecular complexity index is 549. The third-order valence-electron chi connectivity index (χ3n) is 2.34. The van der Waals surface area contributed by atoms with Gasteiger partial charge >= 0.3 is 6.18 Å². The lowest BCUT2D eigenvalue weighted by Gasteiger charge is -2.11. The van der Waals surface area contributed by atoms with Gasteiger partial charge < -0.3 is 5.73 Å². The summed E-state index contributed by atoms with van der Waals surface area (Å²) >= 11 is 0. The summed E-state index contributed by atoms with van der Waals surface area (Å²) in [6, 6.07) is 3.37. The smallest absolute Gasteiger partial charge is 0.322 e. The molecule has 0 fully saturated rings. The molecular weight excluding hydrogens is 231 g/mol. The minimum absolute atomic E-state index is 0.109. The number of fused-ring (bicyclic) bond motifs is 1. The molecule has 2 rings (SSSR count). The van der Waals surface area contributed by atoms with E-state index >= 15 is 0 Å². The molecule has 0 aliphatic rings. The van der Waals surface area contributed by atoms with Crippen LogP contribution in [0.2, 0.25) is 0 Å². The highest BCUT2D eigenvalue weighted by molar-refractivity contribution is 5.81. The highest BCUT2D eigenvalue weighted by Gasteiger charge is 2.33. The van der Waals surface area contributed by atoms with Crippen LogP contribution in [0.4, 0.5) is 13.2 Å². The van der Waals surface area contributed by atoms with Crippen LogP contribution in [0.15, 0.2) is 24.4 Å². The third-order valence-corrected chi connectivity index (χ3v) is 2.34. The Morgan fingerprint density at radius 1 is 1.29 bits per heavy atom. The second kappa shape index (κ2) is 3.96. The Morgan fingerprint density at radius 2 is 2.00 bits per heavy atom. The summed E-state index contributed by atoms with van der Waals surface area (Å²) < 4.78 is 38.3. The predicted octanol–water partition coefficient (Wildman–Crippen LogP) is 2.67. The molecule has 1 aromatic carbocycles. The first-order chi connectivity index (χ1) is 7.89. The van der Waals surface area contributed by atoms with Gasteiger partial charge in [-0.2, -0.15) is 13.2 Å². The quantitative estimate of drug-likeness (QED) is 0.835. The van der Waals surface area contributed by atoms with Gasteiger partial charge in [-0.05, 0) is 13.0 Å². The molecule has 17 heavy (non-hydrogen) atoms. The van der Waals surface area contributed by atoms with Gasteiger partial charge in [0.05, 0.1) is 17.1 Å². The maximum Gasteiger partial charge on any atom is 0.418 e. The van der Waals surface area contributed by atoms with Gasteiger partial charge in [-0.15, -0.1) is 0 Å². The summed E-state index contributed by atoms with van der Waals surface area (Å²) in [5.41, 5.74) is 4.68. The van der Waals surface area contributed by atoms with Gasteiger partial charge in [-0.25, -0.2) is 9.97 Å². The van der Waals surface area contributed by atoms with E-state index in [1.54, 1.807) is 6.92 Å². The summed E-state index contributed by atoms with van der Waals surface area (Å²) in [6.45, 7) is 1.62. The van der Waals surface area contributed by atoms with Gasteiger partial charge in [0.15, 0.2) is 0 Å². The fourth-order valence-corrected chi connectivity index (χ4v) is 1.52. The van der Waals surface area contributed by atoms with E-state index in [4.69, 9.17) is 5.73 Å². The molecule has 1 atom stereocenters. The Hall–Kier alpha value is -1.69. The zero-order valence-corrected chi connectivity index (χ0v) is 8.99. The average Bonchev–Trinajstić information content (AvgIpc) is 2.26. The molecule has 0 bridgehead atoms. The van der Waals surface area contributed by atoms with Crippen molar-refractivity contribution in [3.8, 4) is 0 Å². The molecule has 6 heteroatoms. The van der Waals surface area contributed by atoms with Gasteiger partial charge in [-0.1, -0.05) is 12.1 Å². The standard InChI is InChI=1S/C11H10F3N3/c1-6(15)10-16-5-7-3-2-4-8(9(7)17-10)11(12,13)14/h2-6H,15H2,1H3. The lowest BCUT2D eigenvalue weighted by atomic mass is 10.1. The molecule has 1 aromatic heterocycles. The van der Waals surface area contributed by atoms with Gasteiger partial charge in [0, 0.05) is 11.6 Å². The first kappa shape index (κ1) is 11.8. The minimum atomic E-state index is -4.43. The van der Waals surface area contributed by atoms with E-state index in [1.807, 2.05) is 0 Å². The molecule has 0 spiro atoms. The first-order valence-electron chi connectivity index (χ1n) is 4.98. The third kappa shape index (κ3) is 2.21. The van der Waals surface area contributed by atoms with Crippen LogP contribution in [0.25, 0.3) is 10.9 Å². The van der Waals surface area contributed by atoms with Gasteiger partial charge in [0.1, 0.15) is 5.82 Å². The van der Waals surface area contributed by atoms with Crippen molar-refractivity contribution < 1.29 is 13.2 Å². The average molecular weight is 241 g/mol. The van der Waals surface area contributed by atoms with E-state index < -0.39 is 17.8 Å². The highest BCUT2D eigenvalue weighted by Crippen LogP contribution is 2.33. The van der Waals surface area contributed by atoms with Gasteiger partial charge in [-0.3, -0.25) is 0 Å². The van der Waals surface area contributed by atoms with E-state index in [-0.39, 0.29) is 11.3 Å². The van der Waals surface area contributed by atoms with Crippen LogP contribution in [0.3, 0.4) is 0 Å². The van der Waals surface area contributed by atoms with Crippen LogP contribution in [-0.4, -0.2) is 9.97 Å². The molecule has 0 aliphatic heterocycles. The van der Waals surface area contributed by atoms with Crippen LogP contribution >= 0.6 is 0 Å². The van der Waals surface area contributed by atoms with Crippen LogP contribution in [0.5, 0.6) is 0 Å². The van der Waals surface area contributed by atoms with Crippen molar-refractivity contribution in [3.05, 3.63) is 35.8 Å². The number of para-hydroxylation sites is 1. The number of alkyl halides is 3. The zero-order valence-electron chi connectivity index (χ0n) is 8.99. The maximum atomic E-state index is 12.8. The number of hydrogen-bond donors (Lipinski definition) is 1. The fourth-order valence-electron chi connectivity index (χ4n) is 1.52. The Morgan fingerprint density at radius 3 is 2.59 bits per heavy atom. The van der Waals surface area contributed by atoms with Crippen LogP contribution < -0.4 is 5.73 Å². The Labute approximate surface area is 95.5 Å². The minimum Gasteiger partial charge on any atom is -0.322 e. The largest absolute Gasteiger partial charge is 0.418 e. The van der Waals surface area contributed by atoms with Crippen LogP contribution in [-0.2, 0) is 6.18 Å². The molecule has 0 amide bonds. The van der Waals surface area contributed by atoms with Crippen molar-refractivity contribution in [2.75, 3.05) is 0 Å². The molecule has 0 radical (unpaired) electrons. The SMILES string of the molecule is CC(N)c1ncc2cccc(C(F)(F)F)c2n1. The topological polar surface area (TPSA) is 51.8 Å². The predicted molar refractivity (Wildman–Crippen MR) is 57.1 cm³/mol. The summed E-state index contributed by atoms with van der Waals surface area (Å²) in [4.78, 5) is 7.81. The molecule has 3 nitrogen and oxygen atoms in total. The Kier molecular flexibility index (Phi) is 2.74. The molecule has 0 saturated carbocycles. The van der Waals surface area contributed by atoms with Crippen molar-refractivity contribution in [1.82, 2.24) is 9.97 Å². The molecule has 90 valence electrons. The van der Waals surface area contributed by atoms with Gasteiger partial charge in [0.25, 0.3) is 0 Å². The van der Waals surface area contributed by atoms with Crippen LogP contribution in [0, 0.1) is 0 Å².